The Morgan fingerprint density at radius 1 is 0.820 bits per heavy atom. The summed E-state index contributed by atoms with van der Waals surface area (Å²) in [5.41, 5.74) is 13.2. The van der Waals surface area contributed by atoms with E-state index in [1.165, 1.54) is 0 Å². The molecule has 2 fully saturated rings. The maximum Gasteiger partial charge on any atom is 0.319 e. The normalized spacial score (nSPS) is 17.3. The maximum absolute atomic E-state index is 12.9. The van der Waals surface area contributed by atoms with E-state index in [0.29, 0.717) is 50.0 Å². The average Bonchev–Trinajstić information content (AvgIpc) is 4.01. The molecule has 3 unspecified atom stereocenters. The summed E-state index contributed by atoms with van der Waals surface area (Å²) in [5, 5.41) is 9.02. The molecule has 0 bridgehead atoms. The zero-order valence-corrected chi connectivity index (χ0v) is 34.1. The van der Waals surface area contributed by atoms with Crippen LogP contribution < -0.4 is 31.2 Å². The fourth-order valence-electron chi connectivity index (χ4n) is 7.86. The summed E-state index contributed by atoms with van der Waals surface area (Å²) in [6.45, 7) is 3.94. The molecule has 7 N–H and O–H groups in total. The van der Waals surface area contributed by atoms with Crippen molar-refractivity contribution in [3.8, 4) is 34.0 Å². The van der Waals surface area contributed by atoms with Crippen LogP contribution in [-0.4, -0.2) is 94.9 Å². The van der Waals surface area contributed by atoms with Crippen molar-refractivity contribution in [1.82, 2.24) is 30.2 Å². The van der Waals surface area contributed by atoms with Crippen LogP contribution in [0.5, 0.6) is 11.5 Å². The molecule has 1 saturated heterocycles. The van der Waals surface area contributed by atoms with Gasteiger partial charge in [0.1, 0.15) is 23.9 Å². The molecule has 14 heteroatoms. The highest BCUT2D eigenvalue weighted by Crippen LogP contribution is 2.34. The molecule has 14 nitrogen and oxygen atoms in total. The topological polar surface area (TPSA) is 185 Å². The molecule has 316 valence electrons. The molecule has 3 atom stereocenters. The molecule has 3 amide bonds. The van der Waals surface area contributed by atoms with Crippen molar-refractivity contribution in [2.75, 3.05) is 56.7 Å². The predicted octanol–water partition coefficient (Wildman–Crippen LogP) is 6.96. The Hall–Kier alpha value is -6.48. The van der Waals surface area contributed by atoms with Gasteiger partial charge in [-0.3, -0.25) is 9.69 Å². The van der Waals surface area contributed by atoms with Gasteiger partial charge in [-0.2, -0.15) is 0 Å². The highest BCUT2D eigenvalue weighted by molar-refractivity contribution is 5.92. The van der Waals surface area contributed by atoms with Gasteiger partial charge in [-0.25, -0.2) is 14.8 Å². The van der Waals surface area contributed by atoms with Crippen molar-refractivity contribution in [3.05, 3.63) is 133 Å². The summed E-state index contributed by atoms with van der Waals surface area (Å²) in [5.74, 6) is 1.82. The van der Waals surface area contributed by atoms with E-state index < -0.39 is 0 Å². The fourth-order valence-corrected chi connectivity index (χ4v) is 7.86. The third-order valence-corrected chi connectivity index (χ3v) is 11.2. The third-order valence-electron chi connectivity index (χ3n) is 11.2. The van der Waals surface area contributed by atoms with Gasteiger partial charge >= 0.3 is 6.03 Å². The number of hydrogen-bond donors (Lipinski definition) is 6. The van der Waals surface area contributed by atoms with Gasteiger partial charge in [0.05, 0.1) is 62.4 Å². The highest BCUT2D eigenvalue weighted by Gasteiger charge is 2.24. The lowest BCUT2D eigenvalue weighted by atomic mass is 9.91. The smallest absolute Gasteiger partial charge is 0.319 e. The number of urea groups is 1. The summed E-state index contributed by atoms with van der Waals surface area (Å²) in [4.78, 5) is 43.4. The van der Waals surface area contributed by atoms with Crippen molar-refractivity contribution in [1.29, 1.82) is 0 Å². The summed E-state index contributed by atoms with van der Waals surface area (Å²) >= 11 is 0. The second kappa shape index (κ2) is 20.2. The van der Waals surface area contributed by atoms with Crippen LogP contribution in [0.1, 0.15) is 48.6 Å². The Morgan fingerprint density at radius 3 is 2.25 bits per heavy atom. The molecule has 4 aromatic carbocycles. The number of hydrogen-bond acceptors (Lipinski definition) is 9. The van der Waals surface area contributed by atoms with Gasteiger partial charge < -0.3 is 45.9 Å². The first-order valence-corrected chi connectivity index (χ1v) is 21.0. The van der Waals surface area contributed by atoms with Crippen molar-refractivity contribution in [2.45, 2.75) is 50.1 Å². The van der Waals surface area contributed by atoms with Crippen LogP contribution in [0, 0.1) is 0 Å². The van der Waals surface area contributed by atoms with Gasteiger partial charge in [-0.05, 0) is 72.5 Å². The van der Waals surface area contributed by atoms with Gasteiger partial charge in [0.15, 0.2) is 0 Å². The van der Waals surface area contributed by atoms with E-state index in [9.17, 15) is 9.59 Å². The summed E-state index contributed by atoms with van der Waals surface area (Å²) in [6.07, 6.45) is 9.88. The standard InChI is InChI=1S/C47H53N9O5/c48-39-9-3-4-10-40(39)55-47(58)53-35-19-15-33(16-20-35)38(30-61-44-12-6-1-7-36(44)41-27-49-31-51-41)46-50-28-42(54-46)37-8-2-5-11-43(37)60-24-21-32-13-17-34(18-14-32)52-45(57)29-56-22-25-59-26-23-56/h1-2,5-8,11-20,27-28,31,38-40H,3-4,9-10,21-26,29-30,48H2,(H,49,51)(H,50,54)(H,52,57)(H2,53,55,58). The molecule has 2 aliphatic rings. The number of benzene rings is 4. The second-order valence-electron chi connectivity index (χ2n) is 15.5. The van der Waals surface area contributed by atoms with E-state index in [2.05, 4.69) is 35.8 Å². The molecular formula is C47H53N9O5. The van der Waals surface area contributed by atoms with E-state index in [1.54, 1.807) is 12.5 Å². The van der Waals surface area contributed by atoms with Gasteiger partial charge in [-0.15, -0.1) is 0 Å². The molecule has 0 spiro atoms. The minimum absolute atomic E-state index is 0.0294. The number of carbonyl (C=O) groups excluding carboxylic acids is 2. The van der Waals surface area contributed by atoms with Gasteiger partial charge in [-0.1, -0.05) is 61.4 Å². The van der Waals surface area contributed by atoms with Crippen molar-refractivity contribution >= 4 is 23.3 Å². The Morgan fingerprint density at radius 2 is 1.51 bits per heavy atom. The van der Waals surface area contributed by atoms with Gasteiger partial charge in [0.25, 0.3) is 0 Å². The van der Waals surface area contributed by atoms with Crippen LogP contribution in [0.2, 0.25) is 0 Å². The van der Waals surface area contributed by atoms with Gasteiger partial charge in [0.2, 0.25) is 5.91 Å². The van der Waals surface area contributed by atoms with Crippen LogP contribution >= 0.6 is 0 Å². The number of nitrogens with zero attached hydrogens (tertiary/aromatic N) is 3. The number of aromatic amines is 2. The number of nitrogens with two attached hydrogens (primary N) is 1. The Bertz CT molecular complexity index is 2330. The Kier molecular flexibility index (Phi) is 13.7. The number of aromatic nitrogens is 4. The number of ether oxygens (including phenoxy) is 3. The minimum atomic E-state index is -0.299. The molecule has 8 rings (SSSR count). The van der Waals surface area contributed by atoms with Crippen LogP contribution in [0.3, 0.4) is 0 Å². The largest absolute Gasteiger partial charge is 0.493 e. The lowest BCUT2D eigenvalue weighted by Gasteiger charge is -2.29. The number of para-hydroxylation sites is 2. The minimum Gasteiger partial charge on any atom is -0.493 e. The molecule has 6 aromatic rings. The number of amides is 3. The molecule has 2 aromatic heterocycles. The molecule has 1 aliphatic carbocycles. The first kappa shape index (κ1) is 41.3. The van der Waals surface area contributed by atoms with Crippen LogP contribution in [0.4, 0.5) is 16.2 Å². The van der Waals surface area contributed by atoms with Crippen molar-refractivity contribution < 1.29 is 23.8 Å². The first-order valence-electron chi connectivity index (χ1n) is 21.0. The SMILES string of the molecule is NC1CCCCC1NC(=O)Nc1ccc(C(COc2ccccc2-c2cnc[nH]2)c2ncc(-c3ccccc3OCCc3ccc(NC(=O)CN4CCOCC4)cc3)[nH]2)cc1. The van der Waals surface area contributed by atoms with Gasteiger partial charge in [0, 0.05) is 54.1 Å². The number of anilines is 2. The van der Waals surface area contributed by atoms with Crippen LogP contribution in [0.15, 0.2) is 116 Å². The Labute approximate surface area is 355 Å². The second-order valence-corrected chi connectivity index (χ2v) is 15.5. The van der Waals surface area contributed by atoms with Crippen molar-refractivity contribution in [3.63, 3.8) is 0 Å². The average molecular weight is 824 g/mol. The Balaban J connectivity index is 0.943. The zero-order chi connectivity index (χ0) is 41.8. The van der Waals surface area contributed by atoms with E-state index in [0.717, 1.165) is 83.9 Å². The van der Waals surface area contributed by atoms with Crippen LogP contribution in [0.25, 0.3) is 22.5 Å². The molecule has 61 heavy (non-hydrogen) atoms. The lowest BCUT2D eigenvalue weighted by molar-refractivity contribution is -0.118. The van der Waals surface area contributed by atoms with E-state index in [1.807, 2.05) is 103 Å². The zero-order valence-electron chi connectivity index (χ0n) is 34.1. The molecule has 3 heterocycles. The number of H-pyrrole nitrogens is 2. The quantitative estimate of drug-likeness (QED) is 0.0601. The molecule has 1 saturated carbocycles. The molecule has 0 radical (unpaired) electrons. The number of carbonyl (C=O) groups is 2. The first-order chi connectivity index (χ1) is 29.9. The summed E-state index contributed by atoms with van der Waals surface area (Å²) in [7, 11) is 0. The van der Waals surface area contributed by atoms with Crippen molar-refractivity contribution in [2.24, 2.45) is 5.73 Å². The number of nitrogens with one attached hydrogen (secondary N) is 5. The number of rotatable bonds is 16. The summed E-state index contributed by atoms with van der Waals surface area (Å²) < 4.78 is 18.3. The van der Waals surface area contributed by atoms with E-state index >= 15 is 0 Å². The summed E-state index contributed by atoms with van der Waals surface area (Å²) in [6, 6.07) is 31.1. The van der Waals surface area contributed by atoms with E-state index in [-0.39, 0.29) is 36.5 Å². The fraction of sp³-hybridized carbons (Fsp3) is 0.319. The lowest BCUT2D eigenvalue weighted by Crippen LogP contribution is -2.50. The maximum atomic E-state index is 12.9. The number of imidazole rings is 2. The van der Waals surface area contributed by atoms with Crippen LogP contribution in [-0.2, 0) is 16.0 Å². The molecular weight excluding hydrogens is 771 g/mol. The highest BCUT2D eigenvalue weighted by atomic mass is 16.5. The molecule has 1 aliphatic heterocycles. The monoisotopic (exact) mass is 823 g/mol. The third kappa shape index (κ3) is 11.0. The number of morpholine rings is 1. The predicted molar refractivity (Wildman–Crippen MR) is 236 cm³/mol. The van der Waals surface area contributed by atoms with E-state index in [4.69, 9.17) is 24.9 Å².